The van der Waals surface area contributed by atoms with Crippen LogP contribution in [0.15, 0.2) is 24.3 Å². The van der Waals surface area contributed by atoms with E-state index in [1.165, 1.54) is 12.5 Å². The van der Waals surface area contributed by atoms with Crippen LogP contribution in [0.4, 0.5) is 14.6 Å². The first kappa shape index (κ1) is 25.3. The third kappa shape index (κ3) is 6.61. The molecule has 1 aromatic carbocycles. The molecule has 8 nitrogen and oxygen atoms in total. The molecule has 34 heavy (non-hydrogen) atoms. The number of aromatic nitrogens is 2. The highest BCUT2D eigenvalue weighted by atomic mass is 19.1. The van der Waals surface area contributed by atoms with Crippen LogP contribution in [0, 0.1) is 11.6 Å². The van der Waals surface area contributed by atoms with Gasteiger partial charge in [0, 0.05) is 24.7 Å². The molecule has 1 unspecified atom stereocenters. The number of anilines is 1. The van der Waals surface area contributed by atoms with Crippen molar-refractivity contribution in [2.75, 3.05) is 11.9 Å². The number of halogens is 2. The smallest absolute Gasteiger partial charge is 0.272 e. The fraction of sp³-hybridized carbons (Fsp3) is 0.500. The summed E-state index contributed by atoms with van der Waals surface area (Å²) in [5, 5.41) is 11.9. The van der Waals surface area contributed by atoms with E-state index >= 15 is 0 Å². The van der Waals surface area contributed by atoms with Gasteiger partial charge in [-0.2, -0.15) is 5.10 Å². The Kier molecular flexibility index (Phi) is 8.72. The van der Waals surface area contributed by atoms with Gasteiger partial charge < -0.3 is 15.5 Å². The zero-order chi connectivity index (χ0) is 24.7. The van der Waals surface area contributed by atoms with Gasteiger partial charge >= 0.3 is 0 Å². The van der Waals surface area contributed by atoms with E-state index < -0.39 is 29.5 Å². The van der Waals surface area contributed by atoms with Gasteiger partial charge in [-0.05, 0) is 43.9 Å². The third-order valence-electron chi connectivity index (χ3n) is 6.02. The number of nitrogens with one attached hydrogen (secondary N) is 3. The first-order valence-corrected chi connectivity index (χ1v) is 11.7. The minimum atomic E-state index is -0.879. The molecule has 1 atom stereocenters. The van der Waals surface area contributed by atoms with Crippen LogP contribution in [0.5, 0.6) is 0 Å². The number of hydrogen-bond acceptors (Lipinski definition) is 4. The molecule has 0 radical (unpaired) electrons. The van der Waals surface area contributed by atoms with E-state index in [9.17, 15) is 23.2 Å². The maximum Gasteiger partial charge on any atom is 0.272 e. The van der Waals surface area contributed by atoms with Crippen LogP contribution in [0.2, 0.25) is 0 Å². The fourth-order valence-electron chi connectivity index (χ4n) is 4.32. The van der Waals surface area contributed by atoms with E-state index in [1.807, 2.05) is 11.8 Å². The van der Waals surface area contributed by atoms with Crippen molar-refractivity contribution in [2.24, 2.45) is 0 Å². The lowest BCUT2D eigenvalue weighted by atomic mass is 9.94. The van der Waals surface area contributed by atoms with Gasteiger partial charge in [-0.3, -0.25) is 19.5 Å². The zero-order valence-corrected chi connectivity index (χ0v) is 19.5. The average Bonchev–Trinajstić information content (AvgIpc) is 3.26. The van der Waals surface area contributed by atoms with Gasteiger partial charge in [0.1, 0.15) is 23.4 Å². The Morgan fingerprint density at radius 2 is 1.76 bits per heavy atom. The molecule has 0 bridgehead atoms. The molecule has 0 saturated heterocycles. The second-order valence-corrected chi connectivity index (χ2v) is 8.52. The molecule has 10 heteroatoms. The first-order chi connectivity index (χ1) is 16.3. The summed E-state index contributed by atoms with van der Waals surface area (Å²) < 4.78 is 26.7. The van der Waals surface area contributed by atoms with Crippen LogP contribution in [0.3, 0.4) is 0 Å². The fourth-order valence-corrected chi connectivity index (χ4v) is 4.32. The largest absolute Gasteiger partial charge is 0.344 e. The molecule has 0 aliphatic heterocycles. The Hall–Kier alpha value is -3.30. The van der Waals surface area contributed by atoms with Crippen molar-refractivity contribution in [1.29, 1.82) is 0 Å². The summed E-state index contributed by atoms with van der Waals surface area (Å²) in [6.07, 6.45) is 5.39. The van der Waals surface area contributed by atoms with E-state index in [0.29, 0.717) is 6.54 Å². The van der Waals surface area contributed by atoms with E-state index in [4.69, 9.17) is 0 Å². The number of hydrogen-bond donors (Lipinski definition) is 3. The van der Waals surface area contributed by atoms with Crippen LogP contribution in [-0.2, 0) is 16.0 Å². The van der Waals surface area contributed by atoms with Gasteiger partial charge in [0.05, 0.1) is 6.42 Å². The van der Waals surface area contributed by atoms with Crippen molar-refractivity contribution in [1.82, 2.24) is 20.4 Å². The summed E-state index contributed by atoms with van der Waals surface area (Å²) in [6.45, 7) is 4.25. The summed E-state index contributed by atoms with van der Waals surface area (Å²) in [4.78, 5) is 39.8. The molecule has 3 amide bonds. The lowest BCUT2D eigenvalue weighted by Crippen LogP contribution is -2.44. The van der Waals surface area contributed by atoms with Crippen LogP contribution in [0.25, 0.3) is 0 Å². The molecule has 184 valence electrons. The summed E-state index contributed by atoms with van der Waals surface area (Å²) in [5.41, 5.74) is 0.451. The predicted molar refractivity (Wildman–Crippen MR) is 123 cm³/mol. The van der Waals surface area contributed by atoms with Crippen LogP contribution >= 0.6 is 0 Å². The first-order valence-electron chi connectivity index (χ1n) is 11.7. The molecule has 3 N–H and O–H groups in total. The SMILES string of the molecule is CCC(NC(=O)Cc1cc(F)cc(F)c1)C(=O)Nc1cc(C(=O)N(CC)C2CCCCC2)[nH]n1. The standard InChI is InChI=1S/C24H31F2N5O3/c1-3-19(27-22(32)12-15-10-16(25)13-17(26)11-15)23(33)28-21-14-20(29-30-21)24(34)31(4-2)18-8-6-5-7-9-18/h10-11,13-14,18-19H,3-9,12H2,1-2H3,(H,27,32)(H2,28,29,30,33). The summed E-state index contributed by atoms with van der Waals surface area (Å²) >= 11 is 0. The summed E-state index contributed by atoms with van der Waals surface area (Å²) in [7, 11) is 0. The quantitative estimate of drug-likeness (QED) is 0.515. The Balaban J connectivity index is 1.58. The lowest BCUT2D eigenvalue weighted by Gasteiger charge is -2.33. The zero-order valence-electron chi connectivity index (χ0n) is 19.5. The third-order valence-corrected chi connectivity index (χ3v) is 6.02. The molecule has 3 rings (SSSR count). The van der Waals surface area contributed by atoms with Crippen LogP contribution < -0.4 is 10.6 Å². The minimum absolute atomic E-state index is 0.162. The second kappa shape index (κ2) is 11.7. The number of carbonyl (C=O) groups excluding carboxylic acids is 3. The average molecular weight is 476 g/mol. The number of rotatable bonds is 9. The highest BCUT2D eigenvalue weighted by molar-refractivity contribution is 5.98. The van der Waals surface area contributed by atoms with Crippen molar-refractivity contribution in [3.05, 3.63) is 47.2 Å². The molecule has 0 spiro atoms. The monoisotopic (exact) mass is 475 g/mol. The molecule has 1 heterocycles. The normalized spacial score (nSPS) is 14.9. The van der Waals surface area contributed by atoms with E-state index in [-0.39, 0.29) is 41.9 Å². The Labute approximate surface area is 197 Å². The number of H-pyrrole nitrogens is 1. The molecule has 1 aliphatic rings. The molecule has 1 fully saturated rings. The number of amides is 3. The van der Waals surface area contributed by atoms with Gasteiger partial charge in [-0.1, -0.05) is 26.2 Å². The highest BCUT2D eigenvalue weighted by Gasteiger charge is 2.27. The lowest BCUT2D eigenvalue weighted by molar-refractivity contribution is -0.126. The Morgan fingerprint density at radius 3 is 2.38 bits per heavy atom. The Morgan fingerprint density at radius 1 is 1.09 bits per heavy atom. The second-order valence-electron chi connectivity index (χ2n) is 8.52. The predicted octanol–water partition coefficient (Wildman–Crippen LogP) is 3.56. The molecule has 2 aromatic rings. The maximum absolute atomic E-state index is 13.3. The molecule has 1 saturated carbocycles. The van der Waals surface area contributed by atoms with E-state index in [0.717, 1.165) is 43.9 Å². The van der Waals surface area contributed by atoms with Crippen molar-refractivity contribution in [3.8, 4) is 0 Å². The van der Waals surface area contributed by atoms with Gasteiger partial charge in [0.2, 0.25) is 11.8 Å². The number of carbonyl (C=O) groups is 3. The molecule has 1 aromatic heterocycles. The van der Waals surface area contributed by atoms with Gasteiger partial charge in [-0.15, -0.1) is 0 Å². The highest BCUT2D eigenvalue weighted by Crippen LogP contribution is 2.24. The van der Waals surface area contributed by atoms with Crippen LogP contribution in [0.1, 0.15) is 68.4 Å². The minimum Gasteiger partial charge on any atom is -0.344 e. The summed E-state index contributed by atoms with van der Waals surface area (Å²) in [5.74, 6) is -2.59. The van der Waals surface area contributed by atoms with Gasteiger partial charge in [0.25, 0.3) is 5.91 Å². The number of nitrogens with zero attached hydrogens (tertiary/aromatic N) is 2. The van der Waals surface area contributed by atoms with Gasteiger partial charge in [0.15, 0.2) is 5.82 Å². The van der Waals surface area contributed by atoms with Crippen molar-refractivity contribution >= 4 is 23.5 Å². The molecule has 1 aliphatic carbocycles. The molecular formula is C24H31F2N5O3. The maximum atomic E-state index is 13.3. The van der Waals surface area contributed by atoms with Crippen molar-refractivity contribution in [2.45, 2.75) is 70.9 Å². The topological polar surface area (TPSA) is 107 Å². The van der Waals surface area contributed by atoms with Gasteiger partial charge in [-0.25, -0.2) is 8.78 Å². The van der Waals surface area contributed by atoms with E-state index in [2.05, 4.69) is 20.8 Å². The van der Waals surface area contributed by atoms with Crippen molar-refractivity contribution in [3.63, 3.8) is 0 Å². The van der Waals surface area contributed by atoms with Crippen molar-refractivity contribution < 1.29 is 23.2 Å². The van der Waals surface area contributed by atoms with Crippen LogP contribution in [-0.4, -0.2) is 51.4 Å². The summed E-state index contributed by atoms with van der Waals surface area (Å²) in [6, 6.07) is 3.67. The van der Waals surface area contributed by atoms with E-state index in [1.54, 1.807) is 6.92 Å². The number of aromatic amines is 1. The number of benzene rings is 1. The molecular weight excluding hydrogens is 444 g/mol. The Bertz CT molecular complexity index is 1000.